The Balaban J connectivity index is 2.72. The molecule has 0 radical (unpaired) electrons. The van der Waals surface area contributed by atoms with Crippen LogP contribution in [0.25, 0.3) is 0 Å². The summed E-state index contributed by atoms with van der Waals surface area (Å²) in [4.78, 5) is 0.550. The molecule has 0 amide bonds. The van der Waals surface area contributed by atoms with Crippen molar-refractivity contribution in [1.29, 1.82) is 0 Å². The molecule has 0 aliphatic rings. The van der Waals surface area contributed by atoms with Crippen molar-refractivity contribution in [3.8, 4) is 0 Å². The summed E-state index contributed by atoms with van der Waals surface area (Å²) in [5.41, 5.74) is 1.75. The monoisotopic (exact) mass is 498 g/mol. The molecular weight excluding hydrogens is 457 g/mol. The number of rotatable bonds is 11. The molecule has 1 atom stereocenters. The SMILES string of the molecule is Cc1ccc(P(=Nc2ccc(SC(F)F)cc2)(N(CCC(C)C)CCC(C)C)C(C)(C)C)o1. The third-order valence-electron chi connectivity index (χ3n) is 5.63. The number of nitrogens with zero attached hydrogens (tertiary/aromatic N) is 2. The number of halogens is 2. The van der Waals surface area contributed by atoms with E-state index in [0.717, 1.165) is 42.9 Å². The van der Waals surface area contributed by atoms with Crippen LogP contribution in [0.3, 0.4) is 0 Å². The van der Waals surface area contributed by atoms with E-state index in [4.69, 9.17) is 9.16 Å². The quantitative estimate of drug-likeness (QED) is 0.228. The first kappa shape index (κ1) is 28.1. The molecule has 33 heavy (non-hydrogen) atoms. The standard InChI is InChI=1S/C26H41F2N2OPS/c1-19(2)15-17-30(18-16-20(3)4)32(26(6,7)8,24-14-9-21(5)31-24)29-22-10-12-23(13-11-22)33-25(27)28/h9-14,19-20,25H,15-18H2,1-8H3. The average molecular weight is 499 g/mol. The number of furan rings is 1. The molecule has 0 spiro atoms. The van der Waals surface area contributed by atoms with Crippen molar-refractivity contribution in [1.82, 2.24) is 4.67 Å². The summed E-state index contributed by atoms with van der Waals surface area (Å²) in [6.45, 7) is 19.6. The van der Waals surface area contributed by atoms with Gasteiger partial charge in [0.15, 0.2) is 5.50 Å². The van der Waals surface area contributed by atoms with Crippen LogP contribution < -0.4 is 5.50 Å². The minimum absolute atomic E-state index is 0.179. The summed E-state index contributed by atoms with van der Waals surface area (Å²) in [5.74, 6) is -0.386. The highest BCUT2D eigenvalue weighted by Crippen LogP contribution is 2.64. The molecule has 0 aliphatic carbocycles. The molecule has 3 nitrogen and oxygen atoms in total. The fourth-order valence-electron chi connectivity index (χ4n) is 3.82. The van der Waals surface area contributed by atoms with Crippen LogP contribution in [0, 0.1) is 18.8 Å². The second-order valence-corrected chi connectivity index (χ2v) is 15.3. The molecule has 1 heterocycles. The van der Waals surface area contributed by atoms with E-state index in [0.29, 0.717) is 28.5 Å². The molecule has 0 N–H and O–H groups in total. The lowest BCUT2D eigenvalue weighted by molar-refractivity contribution is 0.252. The van der Waals surface area contributed by atoms with E-state index in [9.17, 15) is 8.78 Å². The fourth-order valence-corrected chi connectivity index (χ4v) is 8.47. The van der Waals surface area contributed by atoms with Gasteiger partial charge in [-0.05, 0) is 68.0 Å². The van der Waals surface area contributed by atoms with Crippen molar-refractivity contribution in [2.24, 2.45) is 16.6 Å². The van der Waals surface area contributed by atoms with Crippen LogP contribution in [0.2, 0.25) is 0 Å². The smallest absolute Gasteiger partial charge is 0.288 e. The lowest BCUT2D eigenvalue weighted by Gasteiger charge is -2.44. The Kier molecular flexibility index (Phi) is 10.3. The molecule has 2 rings (SSSR count). The molecular formula is C26H41F2N2OPS. The van der Waals surface area contributed by atoms with Gasteiger partial charge in [-0.1, -0.05) is 60.2 Å². The van der Waals surface area contributed by atoms with Crippen LogP contribution in [0.5, 0.6) is 0 Å². The van der Waals surface area contributed by atoms with Gasteiger partial charge in [0.1, 0.15) is 13.0 Å². The second kappa shape index (κ2) is 12.0. The first-order chi connectivity index (χ1) is 15.3. The van der Waals surface area contributed by atoms with E-state index < -0.39 is 13.0 Å². The summed E-state index contributed by atoms with van der Waals surface area (Å²) >= 11 is 0.564. The first-order valence-electron chi connectivity index (χ1n) is 11.8. The van der Waals surface area contributed by atoms with Gasteiger partial charge in [-0.2, -0.15) is 8.78 Å². The summed E-state index contributed by atoms with van der Waals surface area (Å²) in [6, 6.07) is 11.3. The van der Waals surface area contributed by atoms with Crippen LogP contribution in [-0.4, -0.2) is 28.7 Å². The zero-order chi connectivity index (χ0) is 24.8. The molecule has 186 valence electrons. The highest BCUT2D eigenvalue weighted by Gasteiger charge is 2.43. The van der Waals surface area contributed by atoms with Gasteiger partial charge in [-0.15, -0.1) is 0 Å². The van der Waals surface area contributed by atoms with E-state index in [2.05, 4.69) is 59.2 Å². The fraction of sp³-hybridized carbons (Fsp3) is 0.615. The highest BCUT2D eigenvalue weighted by molar-refractivity contribution is 7.99. The highest BCUT2D eigenvalue weighted by atomic mass is 32.2. The molecule has 1 aromatic heterocycles. The van der Waals surface area contributed by atoms with Crippen LogP contribution in [0.4, 0.5) is 14.5 Å². The van der Waals surface area contributed by atoms with E-state index in [1.807, 2.05) is 25.1 Å². The maximum atomic E-state index is 12.8. The Morgan fingerprint density at radius 3 is 1.88 bits per heavy atom. The third-order valence-corrected chi connectivity index (χ3v) is 10.8. The van der Waals surface area contributed by atoms with Gasteiger partial charge < -0.3 is 4.42 Å². The Labute approximate surface area is 203 Å². The molecule has 2 aromatic rings. The van der Waals surface area contributed by atoms with Crippen LogP contribution in [0.1, 0.15) is 67.1 Å². The number of thioether (sulfide) groups is 1. The van der Waals surface area contributed by atoms with Crippen molar-refractivity contribution >= 4 is 30.2 Å². The van der Waals surface area contributed by atoms with Gasteiger partial charge >= 0.3 is 0 Å². The molecule has 0 fully saturated rings. The lowest BCUT2D eigenvalue weighted by atomic mass is 10.1. The first-order valence-corrected chi connectivity index (χ1v) is 14.4. The number of aryl methyl sites for hydroxylation is 1. The summed E-state index contributed by atoms with van der Waals surface area (Å²) < 4.78 is 40.0. The molecule has 7 heteroatoms. The molecule has 0 saturated carbocycles. The van der Waals surface area contributed by atoms with E-state index in [1.165, 1.54) is 0 Å². The minimum atomic E-state index is -2.43. The van der Waals surface area contributed by atoms with Crippen molar-refractivity contribution in [2.45, 2.75) is 84.0 Å². The van der Waals surface area contributed by atoms with Crippen molar-refractivity contribution in [3.63, 3.8) is 0 Å². The number of hydrogen-bond acceptors (Lipinski definition) is 3. The second-order valence-electron chi connectivity index (χ2n) is 10.4. The van der Waals surface area contributed by atoms with E-state index >= 15 is 0 Å². The van der Waals surface area contributed by atoms with Gasteiger partial charge in [-0.3, -0.25) is 4.67 Å². The van der Waals surface area contributed by atoms with Crippen LogP contribution >= 0.6 is 19.0 Å². The van der Waals surface area contributed by atoms with Gasteiger partial charge in [0.05, 0.1) is 5.69 Å². The number of benzene rings is 1. The van der Waals surface area contributed by atoms with Gasteiger partial charge in [-0.25, -0.2) is 4.74 Å². The van der Waals surface area contributed by atoms with Crippen molar-refractivity contribution in [2.75, 3.05) is 13.1 Å². The maximum absolute atomic E-state index is 12.8. The molecule has 0 aliphatic heterocycles. The van der Waals surface area contributed by atoms with Gasteiger partial charge in [0.25, 0.3) is 5.76 Å². The lowest BCUT2D eigenvalue weighted by Crippen LogP contribution is -2.38. The number of alkyl halides is 2. The third kappa shape index (κ3) is 7.70. The predicted molar refractivity (Wildman–Crippen MR) is 141 cm³/mol. The maximum Gasteiger partial charge on any atom is 0.288 e. The van der Waals surface area contributed by atoms with Crippen molar-refractivity contribution in [3.05, 3.63) is 42.2 Å². The zero-order valence-electron chi connectivity index (χ0n) is 21.4. The summed E-state index contributed by atoms with van der Waals surface area (Å²) in [7, 11) is -2.36. The topological polar surface area (TPSA) is 28.7 Å². The number of hydrogen-bond donors (Lipinski definition) is 0. The van der Waals surface area contributed by atoms with Crippen LogP contribution in [-0.2, 0) is 0 Å². The largest absolute Gasteiger partial charge is 0.459 e. The molecule has 1 unspecified atom stereocenters. The van der Waals surface area contributed by atoms with Gasteiger partial charge in [0, 0.05) is 23.1 Å². The average Bonchev–Trinajstić information content (AvgIpc) is 3.12. The van der Waals surface area contributed by atoms with E-state index in [1.54, 1.807) is 12.1 Å². The van der Waals surface area contributed by atoms with Crippen LogP contribution in [0.15, 0.2) is 50.5 Å². The van der Waals surface area contributed by atoms with Crippen molar-refractivity contribution < 1.29 is 13.2 Å². The normalized spacial score (nSPS) is 14.5. The summed E-state index contributed by atoms with van der Waals surface area (Å²) in [5, 5.41) is -0.179. The molecule has 1 aromatic carbocycles. The Hall–Kier alpha value is -1.10. The Morgan fingerprint density at radius 1 is 0.939 bits per heavy atom. The predicted octanol–water partition coefficient (Wildman–Crippen LogP) is 9.17. The summed E-state index contributed by atoms with van der Waals surface area (Å²) in [6.07, 6.45) is 2.16. The zero-order valence-corrected chi connectivity index (χ0v) is 23.1. The van der Waals surface area contributed by atoms with E-state index in [-0.39, 0.29) is 5.16 Å². The Bertz CT molecular complexity index is 905. The van der Waals surface area contributed by atoms with Gasteiger partial charge in [0.2, 0.25) is 0 Å². The molecule has 0 saturated heterocycles. The molecule has 0 bridgehead atoms. The Morgan fingerprint density at radius 2 is 1.48 bits per heavy atom. The minimum Gasteiger partial charge on any atom is -0.459 e.